The van der Waals surface area contributed by atoms with Crippen LogP contribution in [0.5, 0.6) is 0 Å². The van der Waals surface area contributed by atoms with Gasteiger partial charge in [0.1, 0.15) is 0 Å². The largest absolute Gasteiger partial charge is 0.389 e. The summed E-state index contributed by atoms with van der Waals surface area (Å²) in [6.07, 6.45) is 12.0. The minimum absolute atomic E-state index is 0.161. The highest BCUT2D eigenvalue weighted by Crippen LogP contribution is 2.69. The van der Waals surface area contributed by atoms with Gasteiger partial charge < -0.3 is 10.4 Å². The number of aliphatic hydroxyl groups is 1. The number of hydrogen-bond donors (Lipinski definition) is 2. The van der Waals surface area contributed by atoms with Crippen molar-refractivity contribution in [2.75, 3.05) is 6.54 Å². The normalized spacial score (nSPS) is 50.1. The maximum atomic E-state index is 12.2. The van der Waals surface area contributed by atoms with Crippen molar-refractivity contribution in [3.63, 3.8) is 0 Å². The molecule has 0 aromatic rings. The first kappa shape index (κ1) is 24.8. The highest BCUT2D eigenvalue weighted by molar-refractivity contribution is 5.91. The summed E-state index contributed by atoms with van der Waals surface area (Å²) in [5.41, 5.74) is 4.98. The van der Waals surface area contributed by atoms with E-state index in [2.05, 4.69) is 53.8 Å². The molecule has 5 rings (SSSR count). The van der Waals surface area contributed by atoms with E-state index in [0.717, 1.165) is 38.6 Å². The molecule has 1 saturated heterocycles. The van der Waals surface area contributed by atoms with Crippen LogP contribution in [0.3, 0.4) is 0 Å². The van der Waals surface area contributed by atoms with Gasteiger partial charge in [-0.2, -0.15) is 0 Å². The van der Waals surface area contributed by atoms with Gasteiger partial charge in [-0.1, -0.05) is 51.3 Å². The Hall–Kier alpha value is -0.930. The number of piperidine rings is 1. The van der Waals surface area contributed by atoms with Gasteiger partial charge in [0.05, 0.1) is 5.60 Å². The summed E-state index contributed by atoms with van der Waals surface area (Å²) in [4.78, 5) is 12.2. The smallest absolute Gasteiger partial charge is 0.155 e. The van der Waals surface area contributed by atoms with Crippen LogP contribution in [0.2, 0.25) is 0 Å². The summed E-state index contributed by atoms with van der Waals surface area (Å²) in [5, 5.41) is 15.1. The maximum Gasteiger partial charge on any atom is 0.155 e. The van der Waals surface area contributed by atoms with Crippen molar-refractivity contribution in [1.82, 2.24) is 5.32 Å². The van der Waals surface area contributed by atoms with Gasteiger partial charge in [-0.15, -0.1) is 0 Å². The van der Waals surface area contributed by atoms with Crippen molar-refractivity contribution in [3.05, 3.63) is 22.8 Å². The van der Waals surface area contributed by atoms with Gasteiger partial charge in [-0.05, 0) is 118 Å². The molecule has 3 fully saturated rings. The summed E-state index contributed by atoms with van der Waals surface area (Å²) in [5.74, 6) is 2.66. The average molecular weight is 468 g/mol. The Morgan fingerprint density at radius 1 is 1.12 bits per heavy atom. The second-order valence-electron chi connectivity index (χ2n) is 14.4. The number of carbonyl (C=O) groups excluding carboxylic acids is 1. The van der Waals surface area contributed by atoms with Crippen molar-refractivity contribution in [2.45, 2.75) is 118 Å². The molecule has 9 atom stereocenters. The standard InChI is InChI=1S/C31H49NO2/c1-19-16-31(7,34)27(32-18-19)21(3)28(4)11-10-25-24(20(2)17-28)15-26-29(5)13-9-23(33)14-22(29)8-12-30(25,26)6/h14,19,21,25-27,32,34H,8-13,15-18H2,1-7H3/t19-,21+,25+,26+,27-,28+,29-,30-,31+/m0/s1. The number of allylic oxidation sites excluding steroid dienone is 4. The Bertz CT molecular complexity index is 930. The molecule has 2 N–H and O–H groups in total. The number of carbonyl (C=O) groups is 1. The molecule has 0 bridgehead atoms. The van der Waals surface area contributed by atoms with E-state index >= 15 is 0 Å². The fourth-order valence-corrected chi connectivity index (χ4v) is 9.89. The SMILES string of the molecule is CC1=C2C[C@H]3[C@@](C)(CCC4=CC(=O)CC[C@@]43C)[C@@H]2CC[C@@](C)([C@H](C)[C@@H]2NC[C@@H](C)C[C@@]2(C)O)C1. The molecule has 4 aliphatic carbocycles. The first-order valence-electron chi connectivity index (χ1n) is 14.2. The monoisotopic (exact) mass is 467 g/mol. The molecular weight excluding hydrogens is 418 g/mol. The highest BCUT2D eigenvalue weighted by Gasteiger charge is 2.60. The van der Waals surface area contributed by atoms with Crippen molar-refractivity contribution in [3.8, 4) is 0 Å². The predicted molar refractivity (Wildman–Crippen MR) is 139 cm³/mol. The Morgan fingerprint density at radius 2 is 1.85 bits per heavy atom. The lowest BCUT2D eigenvalue weighted by atomic mass is 9.50. The molecule has 3 heteroatoms. The quantitative estimate of drug-likeness (QED) is 0.449. The lowest BCUT2D eigenvalue weighted by molar-refractivity contribution is -0.116. The van der Waals surface area contributed by atoms with E-state index in [9.17, 15) is 9.90 Å². The van der Waals surface area contributed by atoms with Gasteiger partial charge >= 0.3 is 0 Å². The van der Waals surface area contributed by atoms with Gasteiger partial charge in [0.2, 0.25) is 0 Å². The van der Waals surface area contributed by atoms with Gasteiger partial charge in [0.25, 0.3) is 0 Å². The first-order chi connectivity index (χ1) is 15.8. The third-order valence-corrected chi connectivity index (χ3v) is 12.0. The Morgan fingerprint density at radius 3 is 2.56 bits per heavy atom. The van der Waals surface area contributed by atoms with Crippen molar-refractivity contribution in [1.29, 1.82) is 0 Å². The fraction of sp³-hybridized carbons (Fsp3) is 0.839. The third-order valence-electron chi connectivity index (χ3n) is 12.0. The number of nitrogens with one attached hydrogen (secondary N) is 1. The third kappa shape index (κ3) is 3.62. The lowest BCUT2D eigenvalue weighted by Gasteiger charge is -2.54. The number of rotatable bonds is 2. The van der Waals surface area contributed by atoms with Crippen LogP contribution in [-0.4, -0.2) is 29.1 Å². The van der Waals surface area contributed by atoms with Gasteiger partial charge in [0, 0.05) is 12.5 Å². The van der Waals surface area contributed by atoms with Gasteiger partial charge in [-0.25, -0.2) is 0 Å². The van der Waals surface area contributed by atoms with E-state index < -0.39 is 5.60 Å². The van der Waals surface area contributed by atoms with E-state index in [1.54, 1.807) is 11.1 Å². The summed E-state index contributed by atoms with van der Waals surface area (Å²) in [6, 6.07) is 0.161. The molecule has 0 unspecified atom stereocenters. The Kier molecular flexibility index (Phi) is 5.85. The van der Waals surface area contributed by atoms with Crippen LogP contribution in [0.1, 0.15) is 106 Å². The zero-order valence-corrected chi connectivity index (χ0v) is 22.9. The van der Waals surface area contributed by atoms with E-state index in [1.807, 2.05) is 6.08 Å². The molecule has 0 spiro atoms. The predicted octanol–water partition coefficient (Wildman–Crippen LogP) is 6.61. The van der Waals surface area contributed by atoms with Crippen LogP contribution in [0.4, 0.5) is 0 Å². The first-order valence-corrected chi connectivity index (χ1v) is 14.2. The number of ketones is 1. The minimum atomic E-state index is -0.639. The lowest BCUT2D eigenvalue weighted by Crippen LogP contribution is -2.61. The van der Waals surface area contributed by atoms with Crippen LogP contribution in [0, 0.1) is 39.9 Å². The Balaban J connectivity index is 1.44. The average Bonchev–Trinajstić information content (AvgIpc) is 2.98. The molecular formula is C31H49NO2. The summed E-state index contributed by atoms with van der Waals surface area (Å²) < 4.78 is 0. The molecule has 190 valence electrons. The van der Waals surface area contributed by atoms with Crippen LogP contribution in [-0.2, 0) is 4.79 Å². The summed E-state index contributed by atoms with van der Waals surface area (Å²) >= 11 is 0. The summed E-state index contributed by atoms with van der Waals surface area (Å²) in [7, 11) is 0. The summed E-state index contributed by atoms with van der Waals surface area (Å²) in [6.45, 7) is 17.7. The van der Waals surface area contributed by atoms with Crippen LogP contribution < -0.4 is 5.32 Å². The molecule has 0 aromatic heterocycles. The van der Waals surface area contributed by atoms with Crippen molar-refractivity contribution < 1.29 is 9.90 Å². The van der Waals surface area contributed by atoms with Crippen LogP contribution in [0.15, 0.2) is 22.8 Å². The molecule has 1 heterocycles. The van der Waals surface area contributed by atoms with Gasteiger partial charge in [0.15, 0.2) is 5.78 Å². The van der Waals surface area contributed by atoms with Crippen LogP contribution >= 0.6 is 0 Å². The van der Waals surface area contributed by atoms with Gasteiger partial charge in [-0.3, -0.25) is 4.79 Å². The van der Waals surface area contributed by atoms with E-state index in [4.69, 9.17) is 0 Å². The molecule has 1 aliphatic heterocycles. The molecule has 0 aromatic carbocycles. The molecule has 0 radical (unpaired) electrons. The second kappa shape index (κ2) is 8.04. The van der Waals surface area contributed by atoms with Crippen LogP contribution in [0.25, 0.3) is 0 Å². The van der Waals surface area contributed by atoms with Crippen molar-refractivity contribution in [2.24, 2.45) is 39.9 Å². The Labute approximate surface area is 208 Å². The van der Waals surface area contributed by atoms with E-state index in [0.29, 0.717) is 34.9 Å². The minimum Gasteiger partial charge on any atom is -0.389 e. The van der Waals surface area contributed by atoms with Crippen molar-refractivity contribution >= 4 is 5.78 Å². The second-order valence-corrected chi connectivity index (χ2v) is 14.4. The molecule has 3 nitrogen and oxygen atoms in total. The zero-order valence-electron chi connectivity index (χ0n) is 22.9. The molecule has 2 saturated carbocycles. The topological polar surface area (TPSA) is 49.3 Å². The molecule has 34 heavy (non-hydrogen) atoms. The molecule has 5 aliphatic rings. The molecule has 0 amide bonds. The maximum absolute atomic E-state index is 12.2. The zero-order chi connectivity index (χ0) is 24.7. The highest BCUT2D eigenvalue weighted by atomic mass is 16.3. The van der Waals surface area contributed by atoms with E-state index in [-0.39, 0.29) is 16.9 Å². The number of fused-ring (bicyclic) bond motifs is 5. The fourth-order valence-electron chi connectivity index (χ4n) is 9.89. The number of hydrogen-bond acceptors (Lipinski definition) is 3. The van der Waals surface area contributed by atoms with E-state index in [1.165, 1.54) is 31.3 Å².